The first-order chi connectivity index (χ1) is 8.47. The second-order valence-electron chi connectivity index (χ2n) is 4.61. The van der Waals surface area contributed by atoms with E-state index >= 15 is 0 Å². The summed E-state index contributed by atoms with van der Waals surface area (Å²) in [5.41, 5.74) is 5.89. The lowest BCUT2D eigenvalue weighted by atomic mass is 9.96. The lowest BCUT2D eigenvalue weighted by Crippen LogP contribution is -2.26. The first-order valence-corrected chi connectivity index (χ1v) is 6.01. The fraction of sp³-hybridized carbons (Fsp3) is 0.538. The van der Waals surface area contributed by atoms with Crippen LogP contribution in [0.25, 0.3) is 0 Å². The van der Waals surface area contributed by atoms with Crippen LogP contribution in [0, 0.1) is 0 Å². The Hall–Kier alpha value is -1.07. The van der Waals surface area contributed by atoms with Gasteiger partial charge in [0.25, 0.3) is 0 Å². The van der Waals surface area contributed by atoms with Crippen molar-refractivity contribution in [2.24, 2.45) is 5.73 Å². The molecule has 0 bridgehead atoms. The van der Waals surface area contributed by atoms with Gasteiger partial charge in [-0.1, -0.05) is 12.1 Å². The Bertz CT molecular complexity index is 384. The van der Waals surface area contributed by atoms with Gasteiger partial charge in [0.15, 0.2) is 0 Å². The van der Waals surface area contributed by atoms with Crippen molar-refractivity contribution in [2.75, 3.05) is 6.61 Å². The van der Waals surface area contributed by atoms with Crippen LogP contribution in [0.2, 0.25) is 0 Å². The minimum Gasteiger partial charge on any atom is -0.376 e. The van der Waals surface area contributed by atoms with Crippen molar-refractivity contribution >= 4 is 0 Å². The third-order valence-electron chi connectivity index (χ3n) is 3.23. The molecule has 5 heteroatoms. The first-order valence-electron chi connectivity index (χ1n) is 6.01. The average Bonchev–Trinajstić information content (AvgIpc) is 2.26. The highest BCUT2D eigenvalue weighted by atomic mass is 19.4. The molecule has 1 fully saturated rings. The zero-order chi connectivity index (χ0) is 13.2. The Morgan fingerprint density at radius 1 is 1.22 bits per heavy atom. The van der Waals surface area contributed by atoms with Crippen molar-refractivity contribution in [3.63, 3.8) is 0 Å². The third-order valence-corrected chi connectivity index (χ3v) is 3.23. The third kappa shape index (κ3) is 3.23. The van der Waals surface area contributed by atoms with Gasteiger partial charge in [0, 0.05) is 0 Å². The predicted molar refractivity (Wildman–Crippen MR) is 62.0 cm³/mol. The van der Waals surface area contributed by atoms with Gasteiger partial charge in [0.1, 0.15) is 0 Å². The standard InChI is InChI=1S/C13H16F3NO/c14-13(15,16)10-6-4-9(5-7-10)12(17)8-18-11-2-1-3-11/h4-7,11-12H,1-3,8,17H2. The number of halogens is 3. The number of rotatable bonds is 4. The Morgan fingerprint density at radius 2 is 1.83 bits per heavy atom. The Balaban J connectivity index is 1.91. The summed E-state index contributed by atoms with van der Waals surface area (Å²) in [5, 5.41) is 0. The van der Waals surface area contributed by atoms with Gasteiger partial charge in [0.05, 0.1) is 24.3 Å². The summed E-state index contributed by atoms with van der Waals surface area (Å²) in [5.74, 6) is 0. The van der Waals surface area contributed by atoms with Crippen molar-refractivity contribution in [1.82, 2.24) is 0 Å². The van der Waals surface area contributed by atoms with E-state index in [1.165, 1.54) is 18.6 Å². The number of hydrogen-bond acceptors (Lipinski definition) is 2. The molecule has 0 aliphatic heterocycles. The molecule has 0 aromatic heterocycles. The summed E-state index contributed by atoms with van der Waals surface area (Å²) in [4.78, 5) is 0. The average molecular weight is 259 g/mol. The topological polar surface area (TPSA) is 35.2 Å². The van der Waals surface area contributed by atoms with Crippen LogP contribution in [0.4, 0.5) is 13.2 Å². The molecule has 1 unspecified atom stereocenters. The molecule has 18 heavy (non-hydrogen) atoms. The highest BCUT2D eigenvalue weighted by Gasteiger charge is 2.30. The van der Waals surface area contributed by atoms with Crippen LogP contribution in [-0.2, 0) is 10.9 Å². The lowest BCUT2D eigenvalue weighted by Gasteiger charge is -2.27. The van der Waals surface area contributed by atoms with E-state index in [2.05, 4.69) is 0 Å². The van der Waals surface area contributed by atoms with E-state index in [9.17, 15) is 13.2 Å². The number of hydrogen-bond donors (Lipinski definition) is 1. The van der Waals surface area contributed by atoms with Gasteiger partial charge in [-0.3, -0.25) is 0 Å². The summed E-state index contributed by atoms with van der Waals surface area (Å²) in [6, 6.07) is 4.57. The maximum Gasteiger partial charge on any atom is 0.416 e. The van der Waals surface area contributed by atoms with E-state index in [1.807, 2.05) is 0 Å². The van der Waals surface area contributed by atoms with Crippen LogP contribution >= 0.6 is 0 Å². The minimum absolute atomic E-state index is 0.283. The highest BCUT2D eigenvalue weighted by molar-refractivity contribution is 5.26. The first kappa shape index (κ1) is 13.4. The maximum absolute atomic E-state index is 12.4. The molecule has 0 heterocycles. The van der Waals surface area contributed by atoms with Crippen LogP contribution < -0.4 is 5.73 Å². The van der Waals surface area contributed by atoms with Crippen molar-refractivity contribution in [2.45, 2.75) is 37.6 Å². The molecule has 2 rings (SSSR count). The molecule has 1 aliphatic carbocycles. The van der Waals surface area contributed by atoms with Crippen LogP contribution in [0.3, 0.4) is 0 Å². The molecule has 1 atom stereocenters. The van der Waals surface area contributed by atoms with Crippen molar-refractivity contribution < 1.29 is 17.9 Å². The minimum atomic E-state index is -4.30. The van der Waals surface area contributed by atoms with E-state index in [4.69, 9.17) is 10.5 Å². The number of nitrogens with two attached hydrogens (primary N) is 1. The predicted octanol–water partition coefficient (Wildman–Crippen LogP) is 3.27. The zero-order valence-electron chi connectivity index (χ0n) is 9.91. The largest absolute Gasteiger partial charge is 0.416 e. The number of alkyl halides is 3. The van der Waals surface area contributed by atoms with E-state index < -0.39 is 11.7 Å². The van der Waals surface area contributed by atoms with Crippen molar-refractivity contribution in [1.29, 1.82) is 0 Å². The fourth-order valence-electron chi connectivity index (χ4n) is 1.79. The monoisotopic (exact) mass is 259 g/mol. The Labute approximate surface area is 104 Å². The number of ether oxygens (including phenoxy) is 1. The van der Waals surface area contributed by atoms with Crippen LogP contribution in [0.1, 0.15) is 36.4 Å². The van der Waals surface area contributed by atoms with E-state index in [-0.39, 0.29) is 12.1 Å². The molecule has 100 valence electrons. The van der Waals surface area contributed by atoms with Crippen LogP contribution in [0.15, 0.2) is 24.3 Å². The van der Waals surface area contributed by atoms with Gasteiger partial charge >= 0.3 is 6.18 Å². The summed E-state index contributed by atoms with van der Waals surface area (Å²) >= 11 is 0. The Kier molecular flexibility index (Phi) is 3.92. The van der Waals surface area contributed by atoms with Crippen molar-refractivity contribution in [3.8, 4) is 0 Å². The molecule has 0 amide bonds. The molecule has 0 spiro atoms. The summed E-state index contributed by atoms with van der Waals surface area (Å²) < 4.78 is 42.7. The van der Waals surface area contributed by atoms with Gasteiger partial charge in [-0.15, -0.1) is 0 Å². The molecular weight excluding hydrogens is 243 g/mol. The normalized spacial score (nSPS) is 18.4. The molecule has 1 aromatic rings. The smallest absolute Gasteiger partial charge is 0.376 e. The molecule has 1 aromatic carbocycles. The second-order valence-corrected chi connectivity index (χ2v) is 4.61. The fourth-order valence-corrected chi connectivity index (χ4v) is 1.79. The molecular formula is C13H16F3NO. The van der Waals surface area contributed by atoms with Gasteiger partial charge in [-0.25, -0.2) is 0 Å². The molecule has 0 saturated heterocycles. The van der Waals surface area contributed by atoms with E-state index in [0.29, 0.717) is 12.2 Å². The zero-order valence-corrected chi connectivity index (χ0v) is 9.91. The molecule has 0 radical (unpaired) electrons. The SMILES string of the molecule is NC(COC1CCC1)c1ccc(C(F)(F)F)cc1. The highest BCUT2D eigenvalue weighted by Crippen LogP contribution is 2.30. The maximum atomic E-state index is 12.4. The van der Waals surface area contributed by atoms with Gasteiger partial charge in [-0.2, -0.15) is 13.2 Å². The summed E-state index contributed by atoms with van der Waals surface area (Å²) in [7, 11) is 0. The van der Waals surface area contributed by atoms with Gasteiger partial charge in [0.2, 0.25) is 0 Å². The second kappa shape index (κ2) is 5.28. The van der Waals surface area contributed by atoms with E-state index in [0.717, 1.165) is 25.0 Å². The summed E-state index contributed by atoms with van der Waals surface area (Å²) in [6.07, 6.45) is -0.726. The number of benzene rings is 1. The summed E-state index contributed by atoms with van der Waals surface area (Å²) in [6.45, 7) is 0.357. The quantitative estimate of drug-likeness (QED) is 0.900. The molecule has 2 nitrogen and oxygen atoms in total. The van der Waals surface area contributed by atoms with Crippen LogP contribution in [0.5, 0.6) is 0 Å². The molecule has 2 N–H and O–H groups in total. The van der Waals surface area contributed by atoms with Gasteiger partial charge in [-0.05, 0) is 37.0 Å². The van der Waals surface area contributed by atoms with Gasteiger partial charge < -0.3 is 10.5 Å². The lowest BCUT2D eigenvalue weighted by molar-refractivity contribution is -0.137. The van der Waals surface area contributed by atoms with Crippen LogP contribution in [-0.4, -0.2) is 12.7 Å². The van der Waals surface area contributed by atoms with Crippen molar-refractivity contribution in [3.05, 3.63) is 35.4 Å². The van der Waals surface area contributed by atoms with E-state index in [1.54, 1.807) is 0 Å². The Morgan fingerprint density at radius 3 is 2.28 bits per heavy atom. The molecule has 1 aliphatic rings. The molecule has 1 saturated carbocycles.